The Labute approximate surface area is 138 Å². The van der Waals surface area contributed by atoms with Gasteiger partial charge in [0.05, 0.1) is 0 Å². The predicted molar refractivity (Wildman–Crippen MR) is 84.8 cm³/mol. The molecule has 0 saturated carbocycles. The van der Waals surface area contributed by atoms with Gasteiger partial charge in [0, 0.05) is 26.6 Å². The standard InChI is InChI=1S/C14H10BrClF3NS/c15-10-2-1-9(13(16)7-10)8-20-11-3-5-12(6-4-11)21-14(17,18)19/h1-7,20H,8H2. The molecular formula is C14H10BrClF3NS. The summed E-state index contributed by atoms with van der Waals surface area (Å²) >= 11 is 9.29. The Hall–Kier alpha value is -0.850. The van der Waals surface area contributed by atoms with Gasteiger partial charge in [-0.2, -0.15) is 13.2 Å². The van der Waals surface area contributed by atoms with Crippen molar-refractivity contribution in [1.29, 1.82) is 0 Å². The molecule has 0 fully saturated rings. The molecule has 0 unspecified atom stereocenters. The fraction of sp³-hybridized carbons (Fsp3) is 0.143. The molecule has 0 atom stereocenters. The number of hydrogen-bond donors (Lipinski definition) is 1. The second-order valence-corrected chi connectivity index (χ2v) is 6.62. The third kappa shape index (κ3) is 5.45. The van der Waals surface area contributed by atoms with Crippen LogP contribution in [-0.4, -0.2) is 5.51 Å². The number of hydrogen-bond acceptors (Lipinski definition) is 2. The van der Waals surface area contributed by atoms with Crippen LogP contribution in [0.4, 0.5) is 18.9 Å². The lowest BCUT2D eigenvalue weighted by molar-refractivity contribution is -0.0328. The lowest BCUT2D eigenvalue weighted by Gasteiger charge is -2.10. The van der Waals surface area contributed by atoms with Crippen molar-refractivity contribution in [1.82, 2.24) is 0 Å². The van der Waals surface area contributed by atoms with Gasteiger partial charge in [-0.3, -0.25) is 0 Å². The van der Waals surface area contributed by atoms with Crippen molar-refractivity contribution < 1.29 is 13.2 Å². The van der Waals surface area contributed by atoms with Crippen LogP contribution in [0.25, 0.3) is 0 Å². The van der Waals surface area contributed by atoms with E-state index in [9.17, 15) is 13.2 Å². The summed E-state index contributed by atoms with van der Waals surface area (Å²) in [5.74, 6) is 0. The van der Waals surface area contributed by atoms with Crippen molar-refractivity contribution in [3.63, 3.8) is 0 Å². The molecule has 7 heteroatoms. The first-order valence-electron chi connectivity index (χ1n) is 5.87. The maximum absolute atomic E-state index is 12.2. The highest BCUT2D eigenvalue weighted by Gasteiger charge is 2.28. The average molecular weight is 397 g/mol. The quantitative estimate of drug-likeness (QED) is 0.606. The SMILES string of the molecule is FC(F)(F)Sc1ccc(NCc2ccc(Br)cc2Cl)cc1. The maximum Gasteiger partial charge on any atom is 0.446 e. The minimum absolute atomic E-state index is 0.126. The van der Waals surface area contributed by atoms with E-state index in [0.717, 1.165) is 15.7 Å². The summed E-state index contributed by atoms with van der Waals surface area (Å²) in [5, 5.41) is 3.75. The Kier molecular flexibility index (Phi) is 5.46. The van der Waals surface area contributed by atoms with Crippen LogP contribution in [0.3, 0.4) is 0 Å². The van der Waals surface area contributed by atoms with E-state index in [4.69, 9.17) is 11.6 Å². The molecule has 0 heterocycles. The zero-order valence-corrected chi connectivity index (χ0v) is 13.7. The zero-order chi connectivity index (χ0) is 15.5. The van der Waals surface area contributed by atoms with Crippen molar-refractivity contribution in [3.8, 4) is 0 Å². The second kappa shape index (κ2) is 6.94. The molecule has 0 aliphatic rings. The molecule has 0 spiro atoms. The van der Waals surface area contributed by atoms with Gasteiger partial charge in [0.25, 0.3) is 0 Å². The van der Waals surface area contributed by atoms with Crippen LogP contribution in [0.15, 0.2) is 51.8 Å². The molecule has 1 N–H and O–H groups in total. The van der Waals surface area contributed by atoms with E-state index in [1.165, 1.54) is 12.1 Å². The number of thioether (sulfide) groups is 1. The molecule has 0 aliphatic carbocycles. The average Bonchev–Trinajstić information content (AvgIpc) is 2.38. The van der Waals surface area contributed by atoms with Gasteiger partial charge in [0.1, 0.15) is 0 Å². The van der Waals surface area contributed by atoms with Crippen molar-refractivity contribution in [2.75, 3.05) is 5.32 Å². The third-order valence-electron chi connectivity index (χ3n) is 2.59. The number of alkyl halides is 3. The van der Waals surface area contributed by atoms with E-state index in [-0.39, 0.29) is 16.7 Å². The number of rotatable bonds is 4. The van der Waals surface area contributed by atoms with Crippen LogP contribution in [0.1, 0.15) is 5.56 Å². The largest absolute Gasteiger partial charge is 0.446 e. The molecule has 2 aromatic carbocycles. The van der Waals surface area contributed by atoms with E-state index < -0.39 is 5.51 Å². The number of halogens is 5. The summed E-state index contributed by atoms with van der Waals surface area (Å²) in [4.78, 5) is 0.162. The van der Waals surface area contributed by atoms with Gasteiger partial charge in [0.2, 0.25) is 0 Å². The first kappa shape index (κ1) is 16.5. The van der Waals surface area contributed by atoms with Crippen molar-refractivity contribution in [3.05, 3.63) is 57.5 Å². The zero-order valence-electron chi connectivity index (χ0n) is 10.5. The molecule has 2 rings (SSSR count). The highest BCUT2D eigenvalue weighted by Crippen LogP contribution is 2.37. The van der Waals surface area contributed by atoms with Gasteiger partial charge in [-0.05, 0) is 53.7 Å². The van der Waals surface area contributed by atoms with Crippen LogP contribution in [0.2, 0.25) is 5.02 Å². The molecule has 0 amide bonds. The highest BCUT2D eigenvalue weighted by molar-refractivity contribution is 9.10. The van der Waals surface area contributed by atoms with Gasteiger partial charge in [-0.1, -0.05) is 33.6 Å². The Balaban J connectivity index is 1.97. The molecular weight excluding hydrogens is 387 g/mol. The predicted octanol–water partition coefficient (Wildman–Crippen LogP) is 6.33. The van der Waals surface area contributed by atoms with Crippen molar-refractivity contribution >= 4 is 45.0 Å². The summed E-state index contributed by atoms with van der Waals surface area (Å²) in [6.07, 6.45) is 0. The number of benzene rings is 2. The Morgan fingerprint density at radius 2 is 1.76 bits per heavy atom. The van der Waals surface area contributed by atoms with Crippen LogP contribution in [0, 0.1) is 0 Å². The molecule has 0 aliphatic heterocycles. The van der Waals surface area contributed by atoms with Gasteiger partial charge in [-0.15, -0.1) is 0 Å². The molecule has 1 nitrogen and oxygen atoms in total. The first-order valence-corrected chi connectivity index (χ1v) is 7.86. The molecule has 0 saturated heterocycles. The van der Waals surface area contributed by atoms with Gasteiger partial charge in [0.15, 0.2) is 0 Å². The fourth-order valence-corrected chi connectivity index (χ4v) is 2.92. The Morgan fingerprint density at radius 3 is 2.33 bits per heavy atom. The molecule has 21 heavy (non-hydrogen) atoms. The van der Waals surface area contributed by atoms with E-state index in [1.807, 2.05) is 12.1 Å². The smallest absolute Gasteiger partial charge is 0.381 e. The topological polar surface area (TPSA) is 12.0 Å². The second-order valence-electron chi connectivity index (χ2n) is 4.16. The molecule has 0 aromatic heterocycles. The molecule has 2 aromatic rings. The Morgan fingerprint density at radius 1 is 1.10 bits per heavy atom. The Bertz CT molecular complexity index is 617. The maximum atomic E-state index is 12.2. The normalized spacial score (nSPS) is 11.5. The summed E-state index contributed by atoms with van der Waals surface area (Å²) in [7, 11) is 0. The summed E-state index contributed by atoms with van der Waals surface area (Å²) in [6, 6.07) is 11.6. The van der Waals surface area contributed by atoms with Crippen LogP contribution >= 0.6 is 39.3 Å². The van der Waals surface area contributed by atoms with E-state index in [1.54, 1.807) is 18.2 Å². The minimum Gasteiger partial charge on any atom is -0.381 e. The highest BCUT2D eigenvalue weighted by atomic mass is 79.9. The number of nitrogens with one attached hydrogen (secondary N) is 1. The fourth-order valence-electron chi connectivity index (χ4n) is 1.64. The molecule has 0 radical (unpaired) electrons. The van der Waals surface area contributed by atoms with Crippen molar-refractivity contribution in [2.45, 2.75) is 16.9 Å². The van der Waals surface area contributed by atoms with Crippen LogP contribution < -0.4 is 5.32 Å². The van der Waals surface area contributed by atoms with Gasteiger partial charge < -0.3 is 5.32 Å². The molecule has 112 valence electrons. The van der Waals surface area contributed by atoms with Crippen LogP contribution in [-0.2, 0) is 6.54 Å². The van der Waals surface area contributed by atoms with E-state index >= 15 is 0 Å². The van der Waals surface area contributed by atoms with Crippen molar-refractivity contribution in [2.24, 2.45) is 0 Å². The van der Waals surface area contributed by atoms with E-state index in [2.05, 4.69) is 21.2 Å². The van der Waals surface area contributed by atoms with Gasteiger partial charge in [-0.25, -0.2) is 0 Å². The first-order chi connectivity index (χ1) is 9.83. The van der Waals surface area contributed by atoms with Gasteiger partial charge >= 0.3 is 5.51 Å². The van der Waals surface area contributed by atoms with Crippen LogP contribution in [0.5, 0.6) is 0 Å². The number of anilines is 1. The monoisotopic (exact) mass is 395 g/mol. The minimum atomic E-state index is -4.26. The summed E-state index contributed by atoms with van der Waals surface area (Å²) in [5.41, 5.74) is -2.62. The summed E-state index contributed by atoms with van der Waals surface area (Å²) in [6.45, 7) is 0.498. The lowest BCUT2D eigenvalue weighted by atomic mass is 10.2. The molecule has 0 bridgehead atoms. The van der Waals surface area contributed by atoms with E-state index in [0.29, 0.717) is 11.6 Å². The summed E-state index contributed by atoms with van der Waals surface area (Å²) < 4.78 is 37.5. The third-order valence-corrected chi connectivity index (χ3v) is 4.17. The lowest BCUT2D eigenvalue weighted by Crippen LogP contribution is -2.01.